The monoisotopic (exact) mass is 466 g/mol. The van der Waals surface area contributed by atoms with Crippen LogP contribution in [-0.4, -0.2) is 69.6 Å². The highest BCUT2D eigenvalue weighted by molar-refractivity contribution is 5.76. The summed E-state index contributed by atoms with van der Waals surface area (Å²) in [6.07, 6.45) is 3.74. The first-order valence-corrected chi connectivity index (χ1v) is 11.1. The number of alkyl halides is 2. The number of carbonyl (C=O) groups is 1. The Hall–Kier alpha value is -2.95. The Labute approximate surface area is 190 Å². The molecule has 0 unspecified atom stereocenters. The average molecular weight is 467 g/mol. The molecule has 2 aromatic rings. The lowest BCUT2D eigenvalue weighted by Gasteiger charge is -2.24. The molecule has 0 aromatic carbocycles. The second kappa shape index (κ2) is 12.3. The molecule has 8 nitrogen and oxygen atoms in total. The van der Waals surface area contributed by atoms with E-state index in [0.717, 1.165) is 56.1 Å². The molecule has 0 saturated carbocycles. The molecule has 1 atom stereocenters. The fraction of sp³-hybridized carbons (Fsp3) is 0.545. The first-order valence-electron chi connectivity index (χ1n) is 11.1. The van der Waals surface area contributed by atoms with Crippen LogP contribution in [0.1, 0.15) is 36.9 Å². The summed E-state index contributed by atoms with van der Waals surface area (Å²) < 4.78 is 39.0. The van der Waals surface area contributed by atoms with Gasteiger partial charge in [0.05, 0.1) is 18.9 Å². The van der Waals surface area contributed by atoms with Crippen molar-refractivity contribution in [3.05, 3.63) is 41.6 Å². The summed E-state index contributed by atoms with van der Waals surface area (Å²) in [6.45, 7) is 1.08. The summed E-state index contributed by atoms with van der Waals surface area (Å²) in [5.74, 6) is -0.893. The van der Waals surface area contributed by atoms with Crippen LogP contribution in [0.4, 0.5) is 24.9 Å². The van der Waals surface area contributed by atoms with Crippen molar-refractivity contribution < 1.29 is 23.1 Å². The lowest BCUT2D eigenvalue weighted by atomic mass is 10.1. The van der Waals surface area contributed by atoms with E-state index in [0.29, 0.717) is 13.0 Å². The fourth-order valence-corrected chi connectivity index (χ4v) is 3.75. The van der Waals surface area contributed by atoms with E-state index in [4.69, 9.17) is 0 Å². The number of nitrogens with one attached hydrogen (secondary N) is 2. The SMILES string of the molecule is O=C(O)[C@H](CCN(CCCCc1ccc2c(n1)NCCC2)CC(F)F)Nc1ncc(F)cn1. The molecule has 33 heavy (non-hydrogen) atoms. The molecule has 1 aliphatic heterocycles. The summed E-state index contributed by atoms with van der Waals surface area (Å²) >= 11 is 0. The highest BCUT2D eigenvalue weighted by Gasteiger charge is 2.21. The van der Waals surface area contributed by atoms with Gasteiger partial charge in [0.2, 0.25) is 5.95 Å². The number of rotatable bonds is 13. The van der Waals surface area contributed by atoms with E-state index in [9.17, 15) is 23.1 Å². The molecule has 0 aliphatic carbocycles. The first-order chi connectivity index (χ1) is 15.9. The number of carboxylic acids is 1. The highest BCUT2D eigenvalue weighted by atomic mass is 19.3. The van der Waals surface area contributed by atoms with Crippen LogP contribution in [0.15, 0.2) is 24.5 Å². The van der Waals surface area contributed by atoms with Gasteiger partial charge in [-0.3, -0.25) is 4.90 Å². The van der Waals surface area contributed by atoms with E-state index in [1.54, 1.807) is 4.90 Å². The molecule has 0 radical (unpaired) electrons. The van der Waals surface area contributed by atoms with Gasteiger partial charge in [0.15, 0.2) is 5.82 Å². The summed E-state index contributed by atoms with van der Waals surface area (Å²) in [6, 6.07) is 3.03. The van der Waals surface area contributed by atoms with E-state index in [2.05, 4.69) is 31.7 Å². The quantitative estimate of drug-likeness (QED) is 0.387. The highest BCUT2D eigenvalue weighted by Crippen LogP contribution is 2.20. The fourth-order valence-electron chi connectivity index (χ4n) is 3.75. The van der Waals surface area contributed by atoms with Crippen molar-refractivity contribution in [3.63, 3.8) is 0 Å². The van der Waals surface area contributed by atoms with Crippen molar-refractivity contribution in [2.75, 3.05) is 36.8 Å². The Morgan fingerprint density at radius 3 is 2.73 bits per heavy atom. The molecule has 3 rings (SSSR count). The molecule has 0 bridgehead atoms. The molecule has 180 valence electrons. The number of nitrogens with zero attached hydrogens (tertiary/aromatic N) is 4. The number of carboxylic acid groups (broad SMARTS) is 1. The normalized spacial score (nSPS) is 14.1. The molecule has 0 fully saturated rings. The van der Waals surface area contributed by atoms with Crippen LogP contribution in [0.5, 0.6) is 0 Å². The number of aryl methyl sites for hydroxylation is 2. The van der Waals surface area contributed by atoms with Gasteiger partial charge in [0, 0.05) is 18.8 Å². The minimum Gasteiger partial charge on any atom is -0.480 e. The predicted molar refractivity (Wildman–Crippen MR) is 118 cm³/mol. The number of pyridine rings is 1. The zero-order valence-electron chi connectivity index (χ0n) is 18.3. The third-order valence-corrected chi connectivity index (χ3v) is 5.46. The molecule has 0 saturated heterocycles. The van der Waals surface area contributed by atoms with Gasteiger partial charge < -0.3 is 15.7 Å². The maximum Gasteiger partial charge on any atom is 0.326 e. The third-order valence-electron chi connectivity index (χ3n) is 5.46. The number of hydrogen-bond acceptors (Lipinski definition) is 7. The first kappa shape index (κ1) is 24.7. The number of anilines is 2. The topological polar surface area (TPSA) is 103 Å². The number of aliphatic carboxylic acids is 1. The Bertz CT molecular complexity index is 900. The molecule has 1 aliphatic rings. The Morgan fingerprint density at radius 2 is 2.00 bits per heavy atom. The zero-order chi connectivity index (χ0) is 23.6. The average Bonchev–Trinajstić information content (AvgIpc) is 2.79. The number of unbranched alkanes of at least 4 members (excludes halogenated alkanes) is 1. The van der Waals surface area contributed by atoms with Crippen LogP contribution in [0.2, 0.25) is 0 Å². The lowest BCUT2D eigenvalue weighted by molar-refractivity contribution is -0.138. The predicted octanol–water partition coefficient (Wildman–Crippen LogP) is 3.21. The van der Waals surface area contributed by atoms with Crippen LogP contribution >= 0.6 is 0 Å². The summed E-state index contributed by atoms with van der Waals surface area (Å²) in [5.41, 5.74) is 2.19. The Morgan fingerprint density at radius 1 is 1.21 bits per heavy atom. The van der Waals surface area contributed by atoms with Gasteiger partial charge in [-0.05, 0) is 56.7 Å². The summed E-state index contributed by atoms with van der Waals surface area (Å²) in [5, 5.41) is 15.4. The maximum absolute atomic E-state index is 13.0. The van der Waals surface area contributed by atoms with Crippen molar-refractivity contribution in [2.24, 2.45) is 0 Å². The summed E-state index contributed by atoms with van der Waals surface area (Å²) in [7, 11) is 0. The van der Waals surface area contributed by atoms with E-state index in [-0.39, 0.29) is 18.9 Å². The molecule has 11 heteroatoms. The van der Waals surface area contributed by atoms with Gasteiger partial charge in [0.1, 0.15) is 11.9 Å². The van der Waals surface area contributed by atoms with Crippen molar-refractivity contribution in [1.82, 2.24) is 19.9 Å². The maximum atomic E-state index is 13.0. The standard InChI is InChI=1S/C22H29F3N6O2/c23-16-12-27-22(28-13-16)30-18(21(32)33)8-11-31(14-19(24)25)10-2-1-5-17-7-6-15-4-3-9-26-20(15)29-17/h6-7,12-13,18-19H,1-5,8-11,14H2,(H,26,29)(H,32,33)(H,27,28,30)/t18-/m0/s1. The van der Waals surface area contributed by atoms with E-state index in [1.165, 1.54) is 5.56 Å². The second-order valence-corrected chi connectivity index (χ2v) is 8.04. The van der Waals surface area contributed by atoms with Crippen LogP contribution in [0, 0.1) is 5.82 Å². The molecule has 2 aromatic heterocycles. The number of hydrogen-bond donors (Lipinski definition) is 3. The van der Waals surface area contributed by atoms with Gasteiger partial charge in [-0.15, -0.1) is 0 Å². The Kier molecular flexibility index (Phi) is 9.23. The van der Waals surface area contributed by atoms with Gasteiger partial charge in [0.25, 0.3) is 6.43 Å². The second-order valence-electron chi connectivity index (χ2n) is 8.04. The van der Waals surface area contributed by atoms with Crippen molar-refractivity contribution in [3.8, 4) is 0 Å². The Balaban J connectivity index is 1.47. The smallest absolute Gasteiger partial charge is 0.326 e. The summed E-state index contributed by atoms with van der Waals surface area (Å²) in [4.78, 5) is 25.1. The number of halogens is 3. The van der Waals surface area contributed by atoms with Crippen LogP contribution in [0.25, 0.3) is 0 Å². The zero-order valence-corrected chi connectivity index (χ0v) is 18.3. The van der Waals surface area contributed by atoms with Gasteiger partial charge in [-0.2, -0.15) is 0 Å². The molecule has 0 spiro atoms. The van der Waals surface area contributed by atoms with Gasteiger partial charge >= 0.3 is 5.97 Å². The van der Waals surface area contributed by atoms with Gasteiger partial charge in [-0.25, -0.2) is 32.9 Å². The lowest BCUT2D eigenvalue weighted by Crippen LogP contribution is -2.37. The largest absolute Gasteiger partial charge is 0.480 e. The van der Waals surface area contributed by atoms with E-state index >= 15 is 0 Å². The van der Waals surface area contributed by atoms with Crippen LogP contribution in [-0.2, 0) is 17.6 Å². The molecule has 0 amide bonds. The molecular weight excluding hydrogens is 437 g/mol. The molecule has 3 N–H and O–H groups in total. The molecule has 3 heterocycles. The van der Waals surface area contributed by atoms with Crippen LogP contribution in [0.3, 0.4) is 0 Å². The van der Waals surface area contributed by atoms with Gasteiger partial charge in [-0.1, -0.05) is 6.07 Å². The minimum absolute atomic E-state index is 0.0313. The van der Waals surface area contributed by atoms with Crippen LogP contribution < -0.4 is 10.6 Å². The third kappa shape index (κ3) is 8.16. The number of fused-ring (bicyclic) bond motifs is 1. The van der Waals surface area contributed by atoms with Crippen molar-refractivity contribution in [2.45, 2.75) is 51.0 Å². The van der Waals surface area contributed by atoms with Crippen molar-refractivity contribution >= 4 is 17.7 Å². The van der Waals surface area contributed by atoms with Crippen molar-refractivity contribution in [1.29, 1.82) is 0 Å². The number of aromatic nitrogens is 3. The minimum atomic E-state index is -2.52. The molecular formula is C22H29F3N6O2. The van der Waals surface area contributed by atoms with E-state index in [1.807, 2.05) is 6.07 Å². The van der Waals surface area contributed by atoms with E-state index < -0.39 is 30.8 Å².